The van der Waals surface area contributed by atoms with Crippen molar-refractivity contribution in [1.82, 2.24) is 4.98 Å². The topological polar surface area (TPSA) is 77.7 Å². The van der Waals surface area contributed by atoms with Crippen LogP contribution in [0, 0.1) is 5.92 Å². The van der Waals surface area contributed by atoms with E-state index in [0.29, 0.717) is 17.4 Å². The van der Waals surface area contributed by atoms with Crippen LogP contribution in [0.5, 0.6) is 0 Å². The van der Waals surface area contributed by atoms with Gasteiger partial charge in [0.25, 0.3) is 0 Å². The number of nitrogens with zero attached hydrogens (tertiary/aromatic N) is 2. The molecule has 2 heterocycles. The van der Waals surface area contributed by atoms with E-state index in [9.17, 15) is 4.79 Å². The molecule has 0 amide bonds. The molecule has 1 aliphatic rings. The number of esters is 1. The highest BCUT2D eigenvalue weighted by Crippen LogP contribution is 2.26. The van der Waals surface area contributed by atoms with Gasteiger partial charge in [-0.25, -0.2) is 9.78 Å². The van der Waals surface area contributed by atoms with Gasteiger partial charge < -0.3 is 20.1 Å². The fourth-order valence-corrected chi connectivity index (χ4v) is 2.48. The number of methoxy groups -OCH3 is 2. The highest BCUT2D eigenvalue weighted by atomic mass is 16.5. The SMILES string of the molecule is COCC1CCN(c2nc(C(=O)OC)ccc2N)CC1. The van der Waals surface area contributed by atoms with Crippen molar-refractivity contribution in [3.05, 3.63) is 17.8 Å². The molecule has 1 saturated heterocycles. The Morgan fingerprint density at radius 1 is 1.40 bits per heavy atom. The Hall–Kier alpha value is -1.82. The van der Waals surface area contributed by atoms with Crippen molar-refractivity contribution in [3.8, 4) is 0 Å². The molecule has 1 aromatic rings. The Labute approximate surface area is 118 Å². The number of carbonyl (C=O) groups excluding carboxylic acids is 1. The molecule has 6 heteroatoms. The zero-order chi connectivity index (χ0) is 14.5. The summed E-state index contributed by atoms with van der Waals surface area (Å²) >= 11 is 0. The first-order valence-corrected chi connectivity index (χ1v) is 6.74. The van der Waals surface area contributed by atoms with Crippen LogP contribution >= 0.6 is 0 Å². The zero-order valence-electron chi connectivity index (χ0n) is 12.0. The zero-order valence-corrected chi connectivity index (χ0v) is 12.0. The van der Waals surface area contributed by atoms with Crippen LogP contribution < -0.4 is 10.6 Å². The minimum atomic E-state index is -0.444. The van der Waals surface area contributed by atoms with Crippen molar-refractivity contribution in [2.45, 2.75) is 12.8 Å². The molecule has 20 heavy (non-hydrogen) atoms. The largest absolute Gasteiger partial charge is 0.464 e. The molecule has 2 N–H and O–H groups in total. The summed E-state index contributed by atoms with van der Waals surface area (Å²) in [6.07, 6.45) is 2.08. The number of nitrogen functional groups attached to an aromatic ring is 1. The van der Waals surface area contributed by atoms with Crippen molar-refractivity contribution in [2.24, 2.45) is 5.92 Å². The molecule has 0 unspecified atom stereocenters. The maximum atomic E-state index is 11.5. The normalized spacial score (nSPS) is 16.2. The van der Waals surface area contributed by atoms with Gasteiger partial charge in [-0.2, -0.15) is 0 Å². The molecule has 0 radical (unpaired) electrons. The van der Waals surface area contributed by atoms with Crippen molar-refractivity contribution in [1.29, 1.82) is 0 Å². The van der Waals surface area contributed by atoms with Crippen LogP contribution in [0.15, 0.2) is 12.1 Å². The fraction of sp³-hybridized carbons (Fsp3) is 0.571. The molecule has 2 rings (SSSR count). The number of hydrogen-bond acceptors (Lipinski definition) is 6. The Morgan fingerprint density at radius 2 is 2.10 bits per heavy atom. The summed E-state index contributed by atoms with van der Waals surface area (Å²) in [4.78, 5) is 18.0. The van der Waals surface area contributed by atoms with E-state index >= 15 is 0 Å². The van der Waals surface area contributed by atoms with Crippen molar-refractivity contribution in [3.63, 3.8) is 0 Å². The summed E-state index contributed by atoms with van der Waals surface area (Å²) in [7, 11) is 3.07. The molecular weight excluding hydrogens is 258 g/mol. The lowest BCUT2D eigenvalue weighted by Crippen LogP contribution is -2.36. The number of ether oxygens (including phenoxy) is 2. The quantitative estimate of drug-likeness (QED) is 0.837. The number of carbonyl (C=O) groups is 1. The van der Waals surface area contributed by atoms with Gasteiger partial charge in [0.15, 0.2) is 11.5 Å². The molecule has 1 aromatic heterocycles. The first-order valence-electron chi connectivity index (χ1n) is 6.74. The van der Waals surface area contributed by atoms with Gasteiger partial charge >= 0.3 is 5.97 Å². The first kappa shape index (κ1) is 14.6. The summed E-state index contributed by atoms with van der Waals surface area (Å²) in [6.45, 7) is 2.53. The van der Waals surface area contributed by atoms with Crippen LogP contribution in [0.2, 0.25) is 0 Å². The Morgan fingerprint density at radius 3 is 2.70 bits per heavy atom. The van der Waals surface area contributed by atoms with Crippen LogP contribution in [0.25, 0.3) is 0 Å². The number of pyridine rings is 1. The van der Waals surface area contributed by atoms with Gasteiger partial charge in [-0.15, -0.1) is 0 Å². The Bertz CT molecular complexity index is 471. The Balaban J connectivity index is 2.11. The average Bonchev–Trinajstić information content (AvgIpc) is 2.48. The molecule has 0 saturated carbocycles. The molecular formula is C14H21N3O3. The third-order valence-corrected chi connectivity index (χ3v) is 3.62. The van der Waals surface area contributed by atoms with E-state index in [4.69, 9.17) is 15.2 Å². The third-order valence-electron chi connectivity index (χ3n) is 3.62. The van der Waals surface area contributed by atoms with Gasteiger partial charge in [0.1, 0.15) is 0 Å². The molecule has 110 valence electrons. The number of rotatable bonds is 4. The lowest BCUT2D eigenvalue weighted by atomic mass is 9.98. The minimum absolute atomic E-state index is 0.288. The molecule has 6 nitrogen and oxygen atoms in total. The summed E-state index contributed by atoms with van der Waals surface area (Å²) in [5, 5.41) is 0. The van der Waals surface area contributed by atoms with Crippen LogP contribution in [0.4, 0.5) is 11.5 Å². The summed E-state index contributed by atoms with van der Waals surface area (Å²) < 4.78 is 9.88. The van der Waals surface area contributed by atoms with Crippen LogP contribution in [-0.2, 0) is 9.47 Å². The number of piperidine rings is 1. The smallest absolute Gasteiger partial charge is 0.356 e. The monoisotopic (exact) mass is 279 g/mol. The predicted molar refractivity (Wildman–Crippen MR) is 76.8 cm³/mol. The highest BCUT2D eigenvalue weighted by molar-refractivity contribution is 5.88. The molecule has 1 aliphatic heterocycles. The van der Waals surface area contributed by atoms with Gasteiger partial charge in [-0.3, -0.25) is 0 Å². The molecule has 0 bridgehead atoms. The maximum Gasteiger partial charge on any atom is 0.356 e. The lowest BCUT2D eigenvalue weighted by Gasteiger charge is -2.33. The Kier molecular flexibility index (Phi) is 4.79. The fourth-order valence-electron chi connectivity index (χ4n) is 2.48. The summed E-state index contributed by atoms with van der Waals surface area (Å²) in [5.74, 6) is 0.811. The van der Waals surface area contributed by atoms with Crippen molar-refractivity contribution in [2.75, 3.05) is 44.5 Å². The van der Waals surface area contributed by atoms with E-state index in [-0.39, 0.29) is 5.69 Å². The predicted octanol–water partition coefficient (Wildman–Crippen LogP) is 1.31. The second-order valence-electron chi connectivity index (χ2n) is 4.99. The van der Waals surface area contributed by atoms with Crippen LogP contribution in [-0.4, -0.2) is 44.9 Å². The second kappa shape index (κ2) is 6.56. The average molecular weight is 279 g/mol. The summed E-state index contributed by atoms with van der Waals surface area (Å²) in [6, 6.07) is 3.29. The van der Waals surface area contributed by atoms with E-state index in [1.165, 1.54) is 7.11 Å². The van der Waals surface area contributed by atoms with Crippen LogP contribution in [0.1, 0.15) is 23.3 Å². The van der Waals surface area contributed by atoms with Gasteiger partial charge in [-0.1, -0.05) is 0 Å². The second-order valence-corrected chi connectivity index (χ2v) is 4.99. The van der Waals surface area contributed by atoms with Crippen LogP contribution in [0.3, 0.4) is 0 Å². The van der Waals surface area contributed by atoms with Gasteiger partial charge in [0, 0.05) is 26.8 Å². The molecule has 1 fully saturated rings. The summed E-state index contributed by atoms with van der Waals surface area (Å²) in [5.41, 5.74) is 6.85. The first-order chi connectivity index (χ1) is 9.65. The minimum Gasteiger partial charge on any atom is -0.464 e. The molecule has 0 spiro atoms. The van der Waals surface area contributed by atoms with Gasteiger partial charge in [0.2, 0.25) is 0 Å². The van der Waals surface area contributed by atoms with E-state index in [0.717, 1.165) is 32.5 Å². The molecule has 0 aliphatic carbocycles. The number of anilines is 2. The number of aromatic nitrogens is 1. The number of hydrogen-bond donors (Lipinski definition) is 1. The third kappa shape index (κ3) is 3.19. The standard InChI is InChI=1S/C14H21N3O3/c1-19-9-10-5-7-17(8-6-10)13-11(15)3-4-12(16-13)14(18)20-2/h3-4,10H,5-9,15H2,1-2H3. The van der Waals surface area contributed by atoms with Crippen molar-refractivity contribution < 1.29 is 14.3 Å². The van der Waals surface area contributed by atoms with E-state index in [1.807, 2.05) is 0 Å². The van der Waals surface area contributed by atoms with E-state index in [2.05, 4.69) is 9.88 Å². The van der Waals surface area contributed by atoms with Gasteiger partial charge in [-0.05, 0) is 30.9 Å². The highest BCUT2D eigenvalue weighted by Gasteiger charge is 2.22. The van der Waals surface area contributed by atoms with E-state index in [1.54, 1.807) is 19.2 Å². The molecule has 0 atom stereocenters. The number of nitrogens with two attached hydrogens (primary N) is 1. The van der Waals surface area contributed by atoms with Crippen molar-refractivity contribution >= 4 is 17.5 Å². The molecule has 0 aromatic carbocycles. The van der Waals surface area contributed by atoms with Gasteiger partial charge in [0.05, 0.1) is 12.8 Å². The maximum absolute atomic E-state index is 11.5. The van der Waals surface area contributed by atoms with E-state index < -0.39 is 5.97 Å². The lowest BCUT2D eigenvalue weighted by molar-refractivity contribution is 0.0594.